The van der Waals surface area contributed by atoms with Crippen LogP contribution in [0.25, 0.3) is 11.0 Å². The van der Waals surface area contributed by atoms with E-state index in [-0.39, 0.29) is 12.0 Å². The molecule has 2 N–H and O–H groups in total. The topological polar surface area (TPSA) is 63.5 Å². The number of fused-ring (bicyclic) bond motifs is 1. The van der Waals surface area contributed by atoms with Gasteiger partial charge in [0.2, 0.25) is 0 Å². The molecule has 0 radical (unpaired) electrons. The number of nitrogens with one attached hydrogen (secondary N) is 2. The van der Waals surface area contributed by atoms with E-state index in [2.05, 4.69) is 17.2 Å². The third kappa shape index (κ3) is 4.31. The zero-order valence-electron chi connectivity index (χ0n) is 15.9. The van der Waals surface area contributed by atoms with Crippen molar-refractivity contribution in [1.29, 1.82) is 0 Å². The predicted molar refractivity (Wildman–Crippen MR) is 108 cm³/mol. The van der Waals surface area contributed by atoms with Gasteiger partial charge >= 0.3 is 0 Å². The fourth-order valence-corrected chi connectivity index (χ4v) is 3.24. The minimum Gasteiger partial charge on any atom is -0.490 e. The van der Waals surface area contributed by atoms with Crippen molar-refractivity contribution in [3.8, 4) is 5.75 Å². The lowest BCUT2D eigenvalue weighted by atomic mass is 10.1. The van der Waals surface area contributed by atoms with Gasteiger partial charge < -0.3 is 19.8 Å². The zero-order chi connectivity index (χ0) is 19.2. The van der Waals surface area contributed by atoms with Crippen LogP contribution >= 0.6 is 0 Å². The number of allylic oxidation sites excluding steroid dienone is 4. The molecule has 2 heterocycles. The predicted octanol–water partition coefficient (Wildman–Crippen LogP) is 4.25. The van der Waals surface area contributed by atoms with Crippen LogP contribution in [-0.4, -0.2) is 25.1 Å². The number of rotatable bonds is 6. The fourth-order valence-electron chi connectivity index (χ4n) is 3.24. The summed E-state index contributed by atoms with van der Waals surface area (Å²) < 4.78 is 12.1. The molecule has 142 valence electrons. The largest absolute Gasteiger partial charge is 0.490 e. The Morgan fingerprint density at radius 1 is 1.37 bits per heavy atom. The van der Waals surface area contributed by atoms with Crippen molar-refractivity contribution < 1.29 is 13.9 Å². The van der Waals surface area contributed by atoms with Crippen molar-refractivity contribution in [3.05, 3.63) is 66.1 Å². The van der Waals surface area contributed by atoms with Gasteiger partial charge in [0.1, 0.15) is 17.4 Å². The van der Waals surface area contributed by atoms with Crippen LogP contribution in [0.1, 0.15) is 35.9 Å². The first-order valence-electron chi connectivity index (χ1n) is 9.30. The second-order valence-electron chi connectivity index (χ2n) is 6.55. The molecule has 1 aromatic heterocycles. The molecule has 0 unspecified atom stereocenters. The summed E-state index contributed by atoms with van der Waals surface area (Å²) in [6.07, 6.45) is 9.17. The number of amides is 1. The number of carbonyl (C=O) groups excluding carboxylic acids is 1. The van der Waals surface area contributed by atoms with Crippen molar-refractivity contribution in [1.82, 2.24) is 10.6 Å². The number of piperidine rings is 1. The molecule has 1 saturated heterocycles. The van der Waals surface area contributed by atoms with Crippen LogP contribution in [0.2, 0.25) is 0 Å². The van der Waals surface area contributed by atoms with E-state index >= 15 is 0 Å². The minimum atomic E-state index is -0.279. The molecule has 0 bridgehead atoms. The smallest absolute Gasteiger partial charge is 0.291 e. The van der Waals surface area contributed by atoms with Crippen LogP contribution in [0.5, 0.6) is 5.75 Å². The van der Waals surface area contributed by atoms with Gasteiger partial charge in [-0.2, -0.15) is 0 Å². The van der Waals surface area contributed by atoms with Gasteiger partial charge in [-0.05, 0) is 58.0 Å². The molecule has 1 aliphatic heterocycles. The second kappa shape index (κ2) is 8.73. The van der Waals surface area contributed by atoms with Crippen molar-refractivity contribution >= 4 is 16.9 Å². The van der Waals surface area contributed by atoms with Crippen LogP contribution in [0.15, 0.2) is 59.2 Å². The Bertz CT molecular complexity index is 886. The number of aryl methyl sites for hydroxylation is 1. The van der Waals surface area contributed by atoms with E-state index in [1.807, 2.05) is 38.1 Å². The summed E-state index contributed by atoms with van der Waals surface area (Å²) in [6, 6.07) is 5.70. The van der Waals surface area contributed by atoms with Gasteiger partial charge in [-0.25, -0.2) is 0 Å². The van der Waals surface area contributed by atoms with Gasteiger partial charge in [0.25, 0.3) is 5.91 Å². The fraction of sp³-hybridized carbons (Fsp3) is 0.318. The van der Waals surface area contributed by atoms with Crippen molar-refractivity contribution in [2.45, 2.75) is 32.8 Å². The standard InChI is InChI=1S/C22H26N2O3/c1-4-6-8-16(5-2)24-22(25)21-15(3)20-18(9-7-10-19(20)27-21)26-17-11-13-23-14-12-17/h4-10,17,23H,1,11-14H2,2-3H3,(H,24,25)/b8-6-,16-5+. The summed E-state index contributed by atoms with van der Waals surface area (Å²) >= 11 is 0. The molecular formula is C22H26N2O3. The van der Waals surface area contributed by atoms with Gasteiger partial charge in [-0.1, -0.05) is 30.9 Å². The number of furan rings is 1. The van der Waals surface area contributed by atoms with E-state index in [0.717, 1.165) is 42.6 Å². The van der Waals surface area contributed by atoms with E-state index in [1.54, 1.807) is 18.2 Å². The molecule has 0 atom stereocenters. The molecule has 2 aromatic rings. The van der Waals surface area contributed by atoms with Crippen LogP contribution in [0.3, 0.4) is 0 Å². The lowest BCUT2D eigenvalue weighted by Gasteiger charge is -2.24. The first-order chi connectivity index (χ1) is 13.1. The maximum atomic E-state index is 12.7. The molecule has 0 saturated carbocycles. The molecule has 3 rings (SSSR count). The third-order valence-corrected chi connectivity index (χ3v) is 4.68. The van der Waals surface area contributed by atoms with Crippen LogP contribution in [0.4, 0.5) is 0 Å². The monoisotopic (exact) mass is 366 g/mol. The average molecular weight is 366 g/mol. The summed E-state index contributed by atoms with van der Waals surface area (Å²) in [5, 5.41) is 7.07. The van der Waals surface area contributed by atoms with Crippen molar-refractivity contribution in [3.63, 3.8) is 0 Å². The molecule has 1 aliphatic rings. The van der Waals surface area contributed by atoms with E-state index in [9.17, 15) is 4.79 Å². The maximum absolute atomic E-state index is 12.7. The summed E-state index contributed by atoms with van der Waals surface area (Å²) in [6.45, 7) is 9.32. The minimum absolute atomic E-state index is 0.182. The molecule has 5 heteroatoms. The average Bonchev–Trinajstić information content (AvgIpc) is 3.03. The SMILES string of the molecule is C=C/C=C\C(=C/C)NC(=O)c1oc2cccc(OC3CCNCC3)c2c1C. The summed E-state index contributed by atoms with van der Waals surface area (Å²) in [4.78, 5) is 12.7. The number of hydrogen-bond acceptors (Lipinski definition) is 4. The zero-order valence-corrected chi connectivity index (χ0v) is 15.9. The lowest BCUT2D eigenvalue weighted by molar-refractivity contribution is 0.0941. The normalized spacial score (nSPS) is 16.0. The highest BCUT2D eigenvalue weighted by Gasteiger charge is 2.22. The van der Waals surface area contributed by atoms with Crippen molar-refractivity contribution in [2.24, 2.45) is 0 Å². The first-order valence-corrected chi connectivity index (χ1v) is 9.30. The first kappa shape index (κ1) is 19.0. The summed E-state index contributed by atoms with van der Waals surface area (Å²) in [7, 11) is 0. The Hall–Kier alpha value is -2.79. The molecule has 1 fully saturated rings. The highest BCUT2D eigenvalue weighted by Crippen LogP contribution is 2.34. The Morgan fingerprint density at radius 3 is 2.85 bits per heavy atom. The van der Waals surface area contributed by atoms with Crippen molar-refractivity contribution in [2.75, 3.05) is 13.1 Å². The lowest BCUT2D eigenvalue weighted by Crippen LogP contribution is -2.34. The Balaban J connectivity index is 1.88. The van der Waals surface area contributed by atoms with Gasteiger partial charge in [-0.15, -0.1) is 0 Å². The molecule has 27 heavy (non-hydrogen) atoms. The molecule has 0 aliphatic carbocycles. The van der Waals surface area contributed by atoms with E-state index in [4.69, 9.17) is 9.15 Å². The quantitative estimate of drug-likeness (QED) is 0.750. The summed E-state index contributed by atoms with van der Waals surface area (Å²) in [5.74, 6) is 0.800. The molecule has 0 spiro atoms. The number of hydrogen-bond donors (Lipinski definition) is 2. The molecule has 1 amide bonds. The molecule has 5 nitrogen and oxygen atoms in total. The Kier molecular flexibility index (Phi) is 6.14. The van der Waals surface area contributed by atoms with Crippen LogP contribution in [-0.2, 0) is 0 Å². The van der Waals surface area contributed by atoms with E-state index < -0.39 is 0 Å². The van der Waals surface area contributed by atoms with Crippen LogP contribution in [0, 0.1) is 6.92 Å². The third-order valence-electron chi connectivity index (χ3n) is 4.68. The summed E-state index contributed by atoms with van der Waals surface area (Å²) in [5.41, 5.74) is 2.13. The maximum Gasteiger partial charge on any atom is 0.291 e. The van der Waals surface area contributed by atoms with E-state index in [0.29, 0.717) is 17.0 Å². The highest BCUT2D eigenvalue weighted by atomic mass is 16.5. The number of ether oxygens (including phenoxy) is 1. The van der Waals surface area contributed by atoms with Gasteiger partial charge in [0.05, 0.1) is 5.39 Å². The molecule has 1 aromatic carbocycles. The Labute approximate surface area is 159 Å². The number of carbonyl (C=O) groups is 1. The Morgan fingerprint density at radius 2 is 2.15 bits per heavy atom. The van der Waals surface area contributed by atoms with Crippen LogP contribution < -0.4 is 15.4 Å². The van der Waals surface area contributed by atoms with Gasteiger partial charge in [0, 0.05) is 11.3 Å². The second-order valence-corrected chi connectivity index (χ2v) is 6.55. The number of benzene rings is 1. The van der Waals surface area contributed by atoms with E-state index in [1.165, 1.54) is 0 Å². The van der Waals surface area contributed by atoms with Gasteiger partial charge in [-0.3, -0.25) is 4.79 Å². The molecular weight excluding hydrogens is 340 g/mol. The highest BCUT2D eigenvalue weighted by molar-refractivity contribution is 6.01. The van der Waals surface area contributed by atoms with Gasteiger partial charge in [0.15, 0.2) is 5.76 Å².